The molecule has 124 valence electrons. The average molecular weight is 295 g/mol. The van der Waals surface area contributed by atoms with E-state index in [0.717, 1.165) is 23.9 Å². The van der Waals surface area contributed by atoms with Gasteiger partial charge in [-0.15, -0.1) is 0 Å². The van der Waals surface area contributed by atoms with Gasteiger partial charge >= 0.3 is 0 Å². The van der Waals surface area contributed by atoms with Crippen molar-refractivity contribution in [1.29, 1.82) is 0 Å². The van der Waals surface area contributed by atoms with Gasteiger partial charge in [-0.1, -0.05) is 27.2 Å². The summed E-state index contributed by atoms with van der Waals surface area (Å²) in [5.74, 6) is 1.94. The zero-order chi connectivity index (χ0) is 15.2. The maximum absolute atomic E-state index is 2.82. The van der Waals surface area contributed by atoms with E-state index < -0.39 is 0 Å². The zero-order valence-electron chi connectivity index (χ0n) is 15.0. The van der Waals surface area contributed by atoms with Crippen LogP contribution < -0.4 is 0 Å². The molecule has 2 fully saturated rings. The molecule has 2 aliphatic heterocycles. The molecule has 0 spiro atoms. The molecule has 0 radical (unpaired) electrons. The van der Waals surface area contributed by atoms with Crippen LogP contribution in [0, 0.1) is 11.8 Å². The standard InChI is InChI=1S/C19H38N2/c1-5-16(3)15-18-7-11-21(12-8-18)19-9-13-20(14-10-19)17(4)6-2/h16-19H,5-15H2,1-4H3. The SMILES string of the molecule is CCC(C)CC1CCN(C2CCN(C(C)CC)CC2)CC1. The van der Waals surface area contributed by atoms with Crippen molar-refractivity contribution < 1.29 is 0 Å². The number of piperidine rings is 2. The van der Waals surface area contributed by atoms with E-state index in [1.54, 1.807) is 0 Å². The fourth-order valence-corrected chi connectivity index (χ4v) is 4.24. The van der Waals surface area contributed by atoms with Gasteiger partial charge in [0.05, 0.1) is 0 Å². The van der Waals surface area contributed by atoms with Crippen LogP contribution in [0.25, 0.3) is 0 Å². The van der Waals surface area contributed by atoms with Crippen LogP contribution in [-0.2, 0) is 0 Å². The van der Waals surface area contributed by atoms with Crippen molar-refractivity contribution in [2.45, 2.75) is 84.7 Å². The highest BCUT2D eigenvalue weighted by Crippen LogP contribution is 2.28. The molecule has 2 heterocycles. The minimum Gasteiger partial charge on any atom is -0.301 e. The van der Waals surface area contributed by atoms with Crippen molar-refractivity contribution in [3.05, 3.63) is 0 Å². The van der Waals surface area contributed by atoms with Crippen LogP contribution in [0.15, 0.2) is 0 Å². The molecule has 2 nitrogen and oxygen atoms in total. The first kappa shape index (κ1) is 17.3. The monoisotopic (exact) mass is 294 g/mol. The molecule has 0 aromatic heterocycles. The van der Waals surface area contributed by atoms with Gasteiger partial charge in [-0.2, -0.15) is 0 Å². The second kappa shape index (κ2) is 8.53. The Bertz CT molecular complexity index is 275. The van der Waals surface area contributed by atoms with E-state index in [9.17, 15) is 0 Å². The van der Waals surface area contributed by atoms with Gasteiger partial charge in [0.1, 0.15) is 0 Å². The van der Waals surface area contributed by atoms with Gasteiger partial charge in [-0.25, -0.2) is 0 Å². The topological polar surface area (TPSA) is 6.48 Å². The molecule has 2 atom stereocenters. The highest BCUT2D eigenvalue weighted by atomic mass is 15.2. The second-order valence-electron chi connectivity index (χ2n) is 7.75. The summed E-state index contributed by atoms with van der Waals surface area (Å²) in [5.41, 5.74) is 0. The number of hydrogen-bond donors (Lipinski definition) is 0. The van der Waals surface area contributed by atoms with Gasteiger partial charge in [0.25, 0.3) is 0 Å². The van der Waals surface area contributed by atoms with Crippen molar-refractivity contribution in [1.82, 2.24) is 9.80 Å². The van der Waals surface area contributed by atoms with E-state index in [-0.39, 0.29) is 0 Å². The van der Waals surface area contributed by atoms with Crippen LogP contribution in [0.5, 0.6) is 0 Å². The van der Waals surface area contributed by atoms with Crippen molar-refractivity contribution in [2.24, 2.45) is 11.8 Å². The number of rotatable bonds is 6. The predicted octanol–water partition coefficient (Wildman–Crippen LogP) is 4.40. The Morgan fingerprint density at radius 2 is 1.48 bits per heavy atom. The van der Waals surface area contributed by atoms with Gasteiger partial charge < -0.3 is 9.80 Å². The molecule has 0 amide bonds. The first-order chi connectivity index (χ1) is 10.1. The molecule has 0 aromatic rings. The van der Waals surface area contributed by atoms with Gasteiger partial charge in [-0.05, 0) is 83.5 Å². The first-order valence-electron chi connectivity index (χ1n) is 9.62. The fraction of sp³-hybridized carbons (Fsp3) is 1.00. The minimum absolute atomic E-state index is 0.784. The van der Waals surface area contributed by atoms with Crippen molar-refractivity contribution in [3.63, 3.8) is 0 Å². The lowest BCUT2D eigenvalue weighted by Crippen LogP contribution is -2.49. The zero-order valence-corrected chi connectivity index (χ0v) is 15.0. The molecule has 0 aromatic carbocycles. The Balaban J connectivity index is 1.69. The Hall–Kier alpha value is -0.0800. The summed E-state index contributed by atoms with van der Waals surface area (Å²) >= 11 is 0. The molecule has 2 aliphatic rings. The minimum atomic E-state index is 0.784. The van der Waals surface area contributed by atoms with Gasteiger partial charge in [-0.3, -0.25) is 0 Å². The Morgan fingerprint density at radius 1 is 0.857 bits per heavy atom. The Labute approximate surface area is 133 Å². The van der Waals surface area contributed by atoms with E-state index in [1.807, 2.05) is 0 Å². The summed E-state index contributed by atoms with van der Waals surface area (Å²) in [6.45, 7) is 14.9. The van der Waals surface area contributed by atoms with Crippen LogP contribution >= 0.6 is 0 Å². The summed E-state index contributed by atoms with van der Waals surface area (Å²) in [6, 6.07) is 1.67. The summed E-state index contributed by atoms with van der Waals surface area (Å²) in [4.78, 5) is 5.52. The highest BCUT2D eigenvalue weighted by Gasteiger charge is 2.29. The normalized spacial score (nSPS) is 26.9. The van der Waals surface area contributed by atoms with Crippen LogP contribution in [0.1, 0.15) is 72.6 Å². The Morgan fingerprint density at radius 3 is 2.00 bits per heavy atom. The lowest BCUT2D eigenvalue weighted by atomic mass is 9.86. The number of hydrogen-bond acceptors (Lipinski definition) is 2. The number of likely N-dealkylation sites (tertiary alicyclic amines) is 2. The lowest BCUT2D eigenvalue weighted by molar-refractivity contribution is 0.0605. The quantitative estimate of drug-likeness (QED) is 0.716. The smallest absolute Gasteiger partial charge is 0.0120 e. The maximum Gasteiger partial charge on any atom is 0.0120 e. The third-order valence-electron chi connectivity index (χ3n) is 6.31. The summed E-state index contributed by atoms with van der Waals surface area (Å²) in [6.07, 6.45) is 9.84. The second-order valence-corrected chi connectivity index (χ2v) is 7.75. The molecular weight excluding hydrogens is 256 g/mol. The van der Waals surface area contributed by atoms with Gasteiger partial charge in [0.2, 0.25) is 0 Å². The largest absolute Gasteiger partial charge is 0.301 e. The lowest BCUT2D eigenvalue weighted by Gasteiger charge is -2.43. The highest BCUT2D eigenvalue weighted by molar-refractivity contribution is 4.84. The predicted molar refractivity (Wildman–Crippen MR) is 92.7 cm³/mol. The first-order valence-corrected chi connectivity index (χ1v) is 9.62. The molecule has 2 rings (SSSR count). The van der Waals surface area contributed by atoms with Crippen LogP contribution in [0.4, 0.5) is 0 Å². The number of nitrogens with zero attached hydrogens (tertiary/aromatic N) is 2. The molecule has 21 heavy (non-hydrogen) atoms. The van der Waals surface area contributed by atoms with Crippen LogP contribution in [0.3, 0.4) is 0 Å². The summed E-state index contributed by atoms with van der Waals surface area (Å²) < 4.78 is 0. The fourth-order valence-electron chi connectivity index (χ4n) is 4.24. The van der Waals surface area contributed by atoms with Crippen LogP contribution in [-0.4, -0.2) is 48.1 Å². The van der Waals surface area contributed by atoms with E-state index >= 15 is 0 Å². The van der Waals surface area contributed by atoms with Gasteiger partial charge in [0, 0.05) is 12.1 Å². The van der Waals surface area contributed by atoms with E-state index in [2.05, 4.69) is 37.5 Å². The molecular formula is C19H38N2. The molecule has 0 saturated carbocycles. The van der Waals surface area contributed by atoms with Crippen molar-refractivity contribution in [2.75, 3.05) is 26.2 Å². The maximum atomic E-state index is 2.82. The molecule has 0 bridgehead atoms. The molecule has 2 saturated heterocycles. The summed E-state index contributed by atoms with van der Waals surface area (Å²) in [5, 5.41) is 0. The third-order valence-corrected chi connectivity index (χ3v) is 6.31. The van der Waals surface area contributed by atoms with Gasteiger partial charge in [0.15, 0.2) is 0 Å². The molecule has 2 heteroatoms. The third kappa shape index (κ3) is 4.96. The summed E-state index contributed by atoms with van der Waals surface area (Å²) in [7, 11) is 0. The van der Waals surface area contributed by atoms with Crippen molar-refractivity contribution in [3.8, 4) is 0 Å². The van der Waals surface area contributed by atoms with Crippen LogP contribution in [0.2, 0.25) is 0 Å². The van der Waals surface area contributed by atoms with E-state index in [1.165, 1.54) is 71.1 Å². The Kier molecular flexibility index (Phi) is 7.01. The molecule has 0 N–H and O–H groups in total. The van der Waals surface area contributed by atoms with Crippen molar-refractivity contribution >= 4 is 0 Å². The van der Waals surface area contributed by atoms with E-state index in [4.69, 9.17) is 0 Å². The molecule has 2 unspecified atom stereocenters. The average Bonchev–Trinajstić information content (AvgIpc) is 2.55. The molecule has 0 aliphatic carbocycles. The van der Waals surface area contributed by atoms with E-state index in [0.29, 0.717) is 0 Å².